The third kappa shape index (κ3) is 2.98. The smallest absolute Gasteiger partial charge is 0.148 e. The van der Waals surface area contributed by atoms with E-state index in [1.165, 1.54) is 10.8 Å². The summed E-state index contributed by atoms with van der Waals surface area (Å²) in [4.78, 5) is 9.77. The fraction of sp³-hybridized carbons (Fsp3) is 0. The molecule has 174 valence electrons. The number of hydrogen-bond donors (Lipinski definition) is 0. The van der Waals surface area contributed by atoms with Crippen LogP contribution in [-0.2, 0) is 0 Å². The van der Waals surface area contributed by atoms with Crippen molar-refractivity contribution >= 4 is 43.8 Å². The molecule has 0 saturated carbocycles. The van der Waals surface area contributed by atoms with Gasteiger partial charge < -0.3 is 8.98 Å². The van der Waals surface area contributed by atoms with Gasteiger partial charge in [-0.25, -0.2) is 4.98 Å². The second-order valence-electron chi connectivity index (χ2n) is 9.18. The van der Waals surface area contributed by atoms with Gasteiger partial charge in [0, 0.05) is 39.8 Å². The molecule has 0 N–H and O–H groups in total. The molecule has 37 heavy (non-hydrogen) atoms. The number of hydrogen-bond acceptors (Lipinski definition) is 3. The van der Waals surface area contributed by atoms with Gasteiger partial charge in [-0.05, 0) is 66.0 Å². The Hall–Kier alpha value is -5.16. The predicted octanol–water partition coefficient (Wildman–Crippen LogP) is 7.93. The van der Waals surface area contributed by atoms with Gasteiger partial charge in [-0.3, -0.25) is 9.55 Å². The maximum atomic E-state index is 5.89. The Morgan fingerprint density at radius 2 is 1.54 bits per heavy atom. The van der Waals surface area contributed by atoms with Gasteiger partial charge in [-0.2, -0.15) is 0 Å². The van der Waals surface area contributed by atoms with E-state index >= 15 is 0 Å². The summed E-state index contributed by atoms with van der Waals surface area (Å²) < 4.78 is 10.3. The highest BCUT2D eigenvalue weighted by Crippen LogP contribution is 2.35. The van der Waals surface area contributed by atoms with Crippen LogP contribution in [0.2, 0.25) is 0 Å². The summed E-state index contributed by atoms with van der Waals surface area (Å²) in [6.07, 6.45) is 5.68. The van der Waals surface area contributed by atoms with Crippen molar-refractivity contribution in [3.8, 4) is 22.8 Å². The van der Waals surface area contributed by atoms with Crippen LogP contribution in [0.25, 0.3) is 66.6 Å². The first-order valence-electron chi connectivity index (χ1n) is 12.2. The molecule has 8 aromatic rings. The van der Waals surface area contributed by atoms with E-state index in [-0.39, 0.29) is 0 Å². The molecular formula is C32H20N4O. The number of furan rings is 1. The van der Waals surface area contributed by atoms with Crippen molar-refractivity contribution in [3.05, 3.63) is 122 Å². The van der Waals surface area contributed by atoms with Gasteiger partial charge in [-0.1, -0.05) is 42.5 Å². The molecule has 5 heteroatoms. The molecule has 5 aromatic heterocycles. The van der Waals surface area contributed by atoms with Crippen LogP contribution in [0.4, 0.5) is 0 Å². The minimum absolute atomic E-state index is 0.831. The molecule has 0 atom stereocenters. The molecule has 8 rings (SSSR count). The molecule has 0 spiro atoms. The molecule has 5 nitrogen and oxygen atoms in total. The van der Waals surface area contributed by atoms with E-state index < -0.39 is 0 Å². The highest BCUT2D eigenvalue weighted by atomic mass is 16.3. The molecule has 0 aliphatic rings. The summed E-state index contributed by atoms with van der Waals surface area (Å²) >= 11 is 0. The van der Waals surface area contributed by atoms with E-state index in [0.29, 0.717) is 0 Å². The van der Waals surface area contributed by atoms with Crippen LogP contribution >= 0.6 is 0 Å². The van der Waals surface area contributed by atoms with E-state index in [2.05, 4.69) is 99.2 Å². The van der Waals surface area contributed by atoms with Gasteiger partial charge in [0.25, 0.3) is 0 Å². The number of pyridine rings is 2. The summed E-state index contributed by atoms with van der Waals surface area (Å²) in [7, 11) is 0. The summed E-state index contributed by atoms with van der Waals surface area (Å²) in [5.74, 6) is 0.885. The molecule has 0 unspecified atom stereocenters. The fourth-order valence-electron chi connectivity index (χ4n) is 5.38. The summed E-state index contributed by atoms with van der Waals surface area (Å²) in [6.45, 7) is 0. The van der Waals surface area contributed by atoms with Gasteiger partial charge in [0.2, 0.25) is 0 Å². The first kappa shape index (κ1) is 20.1. The van der Waals surface area contributed by atoms with Gasteiger partial charge in [-0.15, -0.1) is 0 Å². The lowest BCUT2D eigenvalue weighted by Gasteiger charge is -2.10. The molecule has 0 aliphatic carbocycles. The summed E-state index contributed by atoms with van der Waals surface area (Å²) in [6, 6.07) is 35.5. The lowest BCUT2D eigenvalue weighted by atomic mass is 10.1. The number of benzene rings is 3. The Morgan fingerprint density at radius 3 is 2.46 bits per heavy atom. The highest BCUT2D eigenvalue weighted by Gasteiger charge is 2.17. The van der Waals surface area contributed by atoms with Crippen molar-refractivity contribution < 1.29 is 4.42 Å². The van der Waals surface area contributed by atoms with E-state index in [1.807, 2.05) is 24.3 Å². The number of fused-ring (bicyclic) bond motifs is 5. The van der Waals surface area contributed by atoms with Crippen LogP contribution < -0.4 is 0 Å². The van der Waals surface area contributed by atoms with E-state index in [1.54, 1.807) is 12.5 Å². The molecule has 0 radical (unpaired) electrons. The Labute approximate surface area is 211 Å². The number of aromatic nitrogens is 4. The molecule has 0 bridgehead atoms. The summed E-state index contributed by atoms with van der Waals surface area (Å²) in [5, 5.41) is 4.51. The SMILES string of the molecule is c1ccc(-c2coc3ccc(-n4c5ccccc5c5ccc(-n6ccc7ccccc76)nc54)cc23)nc1. The van der Waals surface area contributed by atoms with Crippen LogP contribution in [0.15, 0.2) is 126 Å². The van der Waals surface area contributed by atoms with Crippen molar-refractivity contribution in [1.82, 2.24) is 19.1 Å². The molecule has 0 amide bonds. The maximum Gasteiger partial charge on any atom is 0.148 e. The number of para-hydroxylation sites is 2. The van der Waals surface area contributed by atoms with Crippen LogP contribution in [0, 0.1) is 0 Å². The van der Waals surface area contributed by atoms with Gasteiger partial charge >= 0.3 is 0 Å². The monoisotopic (exact) mass is 476 g/mol. The van der Waals surface area contributed by atoms with E-state index in [0.717, 1.165) is 55.8 Å². The van der Waals surface area contributed by atoms with E-state index in [9.17, 15) is 0 Å². The van der Waals surface area contributed by atoms with Gasteiger partial charge in [0.05, 0.1) is 16.7 Å². The summed E-state index contributed by atoms with van der Waals surface area (Å²) in [5.41, 5.74) is 6.89. The lowest BCUT2D eigenvalue weighted by Crippen LogP contribution is -2.00. The van der Waals surface area contributed by atoms with Crippen LogP contribution in [-0.4, -0.2) is 19.1 Å². The zero-order chi connectivity index (χ0) is 24.3. The molecule has 3 aromatic carbocycles. The first-order valence-corrected chi connectivity index (χ1v) is 12.2. The largest absolute Gasteiger partial charge is 0.464 e. The number of rotatable bonds is 3. The van der Waals surface area contributed by atoms with Crippen molar-refractivity contribution in [2.75, 3.05) is 0 Å². The minimum atomic E-state index is 0.831. The van der Waals surface area contributed by atoms with Crippen molar-refractivity contribution in [3.63, 3.8) is 0 Å². The third-order valence-electron chi connectivity index (χ3n) is 7.11. The van der Waals surface area contributed by atoms with Crippen LogP contribution in [0.3, 0.4) is 0 Å². The molecule has 0 fully saturated rings. The minimum Gasteiger partial charge on any atom is -0.464 e. The van der Waals surface area contributed by atoms with Gasteiger partial charge in [0.1, 0.15) is 23.3 Å². The Bertz CT molecular complexity index is 2100. The average molecular weight is 477 g/mol. The second kappa shape index (κ2) is 7.67. The van der Waals surface area contributed by atoms with Crippen molar-refractivity contribution in [2.45, 2.75) is 0 Å². The third-order valence-corrected chi connectivity index (χ3v) is 7.11. The second-order valence-corrected chi connectivity index (χ2v) is 9.18. The molecule has 0 saturated heterocycles. The van der Waals surface area contributed by atoms with Crippen molar-refractivity contribution in [2.24, 2.45) is 0 Å². The standard InChI is InChI=1S/C32H20N4O/c1-3-10-28-21(7-1)16-18-35(28)31-15-13-24-23-8-2-4-11-29(23)36(32(24)34-31)22-12-14-30-25(19-22)26(20-37-30)27-9-5-6-17-33-27/h1-20H. The molecule has 5 heterocycles. The van der Waals surface area contributed by atoms with Crippen LogP contribution in [0.1, 0.15) is 0 Å². The number of nitrogens with zero attached hydrogens (tertiary/aromatic N) is 4. The fourth-order valence-corrected chi connectivity index (χ4v) is 5.38. The van der Waals surface area contributed by atoms with E-state index in [4.69, 9.17) is 9.40 Å². The molecular weight excluding hydrogens is 456 g/mol. The normalized spacial score (nSPS) is 11.8. The highest BCUT2D eigenvalue weighted by molar-refractivity contribution is 6.08. The topological polar surface area (TPSA) is 48.8 Å². The zero-order valence-corrected chi connectivity index (χ0v) is 19.7. The zero-order valence-electron chi connectivity index (χ0n) is 19.7. The first-order chi connectivity index (χ1) is 18.3. The molecule has 0 aliphatic heterocycles. The quantitative estimate of drug-likeness (QED) is 0.260. The Kier molecular flexibility index (Phi) is 4.16. The lowest BCUT2D eigenvalue weighted by molar-refractivity contribution is 0.616. The predicted molar refractivity (Wildman–Crippen MR) is 148 cm³/mol. The average Bonchev–Trinajstić information content (AvgIpc) is 3.66. The van der Waals surface area contributed by atoms with Crippen LogP contribution in [0.5, 0.6) is 0 Å². The van der Waals surface area contributed by atoms with Gasteiger partial charge in [0.15, 0.2) is 0 Å². The Morgan fingerprint density at radius 1 is 0.676 bits per heavy atom. The van der Waals surface area contributed by atoms with Crippen molar-refractivity contribution in [1.29, 1.82) is 0 Å². The maximum absolute atomic E-state index is 5.89. The Balaban J connectivity index is 1.40.